The molecule has 0 aromatic heterocycles. The molecule has 1 fully saturated rings. The second-order valence-electron chi connectivity index (χ2n) is 5.26. The van der Waals surface area contributed by atoms with Crippen molar-refractivity contribution in [2.75, 3.05) is 19.6 Å². The van der Waals surface area contributed by atoms with Gasteiger partial charge in [-0.3, -0.25) is 4.99 Å². The number of rotatable bonds is 3. The fourth-order valence-electron chi connectivity index (χ4n) is 2.45. The average molecular weight is 427 g/mol. The van der Waals surface area contributed by atoms with Crippen molar-refractivity contribution in [3.63, 3.8) is 0 Å². The Morgan fingerprint density at radius 3 is 2.14 bits per heavy atom. The maximum Gasteiger partial charge on any atom is 0.194 e. The number of aliphatic imine (C=N–C) groups is 1. The molecular formula is C15H21F3IN3. The number of hydrogen-bond acceptors (Lipinski definition) is 1. The van der Waals surface area contributed by atoms with E-state index in [1.165, 1.54) is 12.8 Å². The maximum absolute atomic E-state index is 13.1. The van der Waals surface area contributed by atoms with Gasteiger partial charge in [-0.2, -0.15) is 0 Å². The van der Waals surface area contributed by atoms with E-state index in [0.29, 0.717) is 24.5 Å². The smallest absolute Gasteiger partial charge is 0.194 e. The van der Waals surface area contributed by atoms with Gasteiger partial charge in [0, 0.05) is 19.6 Å². The third kappa shape index (κ3) is 5.33. The van der Waals surface area contributed by atoms with Gasteiger partial charge < -0.3 is 10.6 Å². The molecule has 1 saturated heterocycles. The van der Waals surface area contributed by atoms with Crippen LogP contribution in [0.5, 0.6) is 0 Å². The molecule has 2 N–H and O–H groups in total. The van der Waals surface area contributed by atoms with Gasteiger partial charge in [0.05, 0.1) is 0 Å². The molecule has 1 aliphatic heterocycles. The first kappa shape index (κ1) is 19.1. The fraction of sp³-hybridized carbons (Fsp3) is 0.533. The molecule has 0 amide bonds. The topological polar surface area (TPSA) is 41.6 Å². The molecule has 0 atom stereocenters. The minimum Gasteiger partial charge on any atom is -0.370 e. The highest BCUT2D eigenvalue weighted by Gasteiger charge is 2.12. The normalized spacial score (nSPS) is 16.1. The zero-order valence-corrected chi connectivity index (χ0v) is 14.7. The number of likely N-dealkylation sites (tertiary alicyclic amines) is 1. The van der Waals surface area contributed by atoms with E-state index in [0.717, 1.165) is 38.1 Å². The van der Waals surface area contributed by atoms with Gasteiger partial charge in [-0.1, -0.05) is 12.8 Å². The zero-order chi connectivity index (χ0) is 15.2. The summed E-state index contributed by atoms with van der Waals surface area (Å²) in [5, 5.41) is 0. The van der Waals surface area contributed by atoms with Crippen LogP contribution in [-0.4, -0.2) is 30.5 Å². The van der Waals surface area contributed by atoms with Crippen LogP contribution in [0.25, 0.3) is 0 Å². The van der Waals surface area contributed by atoms with Crippen molar-refractivity contribution >= 4 is 29.9 Å². The van der Waals surface area contributed by atoms with Gasteiger partial charge in [0.1, 0.15) is 0 Å². The molecule has 22 heavy (non-hydrogen) atoms. The van der Waals surface area contributed by atoms with Gasteiger partial charge >= 0.3 is 0 Å². The molecule has 0 aliphatic carbocycles. The van der Waals surface area contributed by atoms with Crippen molar-refractivity contribution in [1.82, 2.24) is 4.90 Å². The number of benzene rings is 1. The highest BCUT2D eigenvalue weighted by molar-refractivity contribution is 14.0. The van der Waals surface area contributed by atoms with Crippen LogP contribution < -0.4 is 5.73 Å². The molecule has 0 unspecified atom stereocenters. The molecule has 1 heterocycles. The summed E-state index contributed by atoms with van der Waals surface area (Å²) in [5.74, 6) is -3.31. The summed E-state index contributed by atoms with van der Waals surface area (Å²) in [6.07, 6.45) is 4.94. The summed E-state index contributed by atoms with van der Waals surface area (Å²) >= 11 is 0. The van der Waals surface area contributed by atoms with Crippen LogP contribution in [-0.2, 0) is 6.42 Å². The van der Waals surface area contributed by atoms with E-state index >= 15 is 0 Å². The van der Waals surface area contributed by atoms with Gasteiger partial charge in [0.25, 0.3) is 0 Å². The van der Waals surface area contributed by atoms with E-state index < -0.39 is 17.5 Å². The second kappa shape index (κ2) is 9.22. The summed E-state index contributed by atoms with van der Waals surface area (Å²) in [4.78, 5) is 6.29. The van der Waals surface area contributed by atoms with Crippen molar-refractivity contribution in [2.45, 2.75) is 32.1 Å². The van der Waals surface area contributed by atoms with Crippen LogP contribution in [0, 0.1) is 17.5 Å². The lowest BCUT2D eigenvalue weighted by atomic mass is 10.1. The molecule has 124 valence electrons. The monoisotopic (exact) mass is 427 g/mol. The Balaban J connectivity index is 0.00000242. The molecule has 0 radical (unpaired) electrons. The first-order chi connectivity index (χ1) is 10.1. The Kier molecular flexibility index (Phi) is 7.98. The van der Waals surface area contributed by atoms with Gasteiger partial charge in [-0.25, -0.2) is 13.2 Å². The van der Waals surface area contributed by atoms with Crippen LogP contribution in [0.4, 0.5) is 13.2 Å². The van der Waals surface area contributed by atoms with Crippen LogP contribution in [0.15, 0.2) is 17.1 Å². The first-order valence-electron chi connectivity index (χ1n) is 7.26. The Morgan fingerprint density at radius 1 is 1.05 bits per heavy atom. The molecule has 1 aliphatic rings. The van der Waals surface area contributed by atoms with E-state index in [1.807, 2.05) is 4.90 Å². The molecular weight excluding hydrogens is 406 g/mol. The fourth-order valence-corrected chi connectivity index (χ4v) is 2.45. The Labute approximate surface area is 145 Å². The van der Waals surface area contributed by atoms with E-state index in [1.54, 1.807) is 0 Å². The van der Waals surface area contributed by atoms with Crippen molar-refractivity contribution in [3.05, 3.63) is 35.1 Å². The van der Waals surface area contributed by atoms with Gasteiger partial charge in [-0.05, 0) is 37.0 Å². The van der Waals surface area contributed by atoms with Crippen molar-refractivity contribution < 1.29 is 13.2 Å². The third-order valence-electron chi connectivity index (χ3n) is 3.65. The van der Waals surface area contributed by atoms with Crippen molar-refractivity contribution in [2.24, 2.45) is 10.7 Å². The van der Waals surface area contributed by atoms with Crippen molar-refractivity contribution in [1.29, 1.82) is 0 Å². The summed E-state index contributed by atoms with van der Waals surface area (Å²) in [7, 11) is 0. The van der Waals surface area contributed by atoms with Crippen LogP contribution in [0.3, 0.4) is 0 Å². The number of guanidine groups is 1. The maximum atomic E-state index is 13.1. The van der Waals surface area contributed by atoms with Gasteiger partial charge in [-0.15, -0.1) is 24.0 Å². The average Bonchev–Trinajstić information content (AvgIpc) is 2.73. The van der Waals surface area contributed by atoms with Crippen molar-refractivity contribution in [3.8, 4) is 0 Å². The lowest BCUT2D eigenvalue weighted by Crippen LogP contribution is -2.38. The van der Waals surface area contributed by atoms with Gasteiger partial charge in [0.2, 0.25) is 0 Å². The number of hydrogen-bond donors (Lipinski definition) is 1. The lowest BCUT2D eigenvalue weighted by Gasteiger charge is -2.21. The number of nitrogens with zero attached hydrogens (tertiary/aromatic N) is 2. The molecule has 3 nitrogen and oxygen atoms in total. The largest absolute Gasteiger partial charge is 0.370 e. The van der Waals surface area contributed by atoms with E-state index in [4.69, 9.17) is 5.73 Å². The quantitative estimate of drug-likeness (QED) is 0.348. The van der Waals surface area contributed by atoms with E-state index in [9.17, 15) is 13.2 Å². The summed E-state index contributed by atoms with van der Waals surface area (Å²) < 4.78 is 39.0. The van der Waals surface area contributed by atoms with Crippen LogP contribution in [0.2, 0.25) is 0 Å². The van der Waals surface area contributed by atoms with E-state index in [-0.39, 0.29) is 24.0 Å². The lowest BCUT2D eigenvalue weighted by molar-refractivity contribution is 0.428. The predicted molar refractivity (Wildman–Crippen MR) is 92.0 cm³/mol. The summed E-state index contributed by atoms with van der Waals surface area (Å²) in [5.41, 5.74) is 6.31. The molecule has 1 aromatic rings. The van der Waals surface area contributed by atoms with Gasteiger partial charge in [0.15, 0.2) is 23.4 Å². The molecule has 7 heteroatoms. The Morgan fingerprint density at radius 2 is 1.59 bits per heavy atom. The molecule has 2 rings (SSSR count). The Hall–Kier alpha value is -0.990. The number of halogens is 4. The molecule has 0 spiro atoms. The molecule has 1 aromatic carbocycles. The SMILES string of the molecule is I.NC(=NCCc1cc(F)c(F)c(F)c1)N1CCCCCC1. The second-order valence-corrected chi connectivity index (χ2v) is 5.26. The van der Waals surface area contributed by atoms with Crippen LogP contribution in [0.1, 0.15) is 31.2 Å². The standard InChI is InChI=1S/C15H20F3N3.HI/c16-12-9-11(10-13(17)14(12)18)5-6-20-15(19)21-7-3-1-2-4-8-21;/h9-10H,1-8H2,(H2,19,20);1H. The minimum atomic E-state index is -1.44. The highest BCUT2D eigenvalue weighted by atomic mass is 127. The minimum absolute atomic E-state index is 0. The molecule has 0 bridgehead atoms. The van der Waals surface area contributed by atoms with Crippen LogP contribution >= 0.6 is 24.0 Å². The zero-order valence-electron chi connectivity index (χ0n) is 12.3. The van der Waals surface area contributed by atoms with E-state index in [2.05, 4.69) is 4.99 Å². The summed E-state index contributed by atoms with van der Waals surface area (Å²) in [6, 6.07) is 1.99. The number of nitrogens with two attached hydrogens (primary N) is 1. The first-order valence-corrected chi connectivity index (χ1v) is 7.26. The summed E-state index contributed by atoms with van der Waals surface area (Å²) in [6.45, 7) is 2.12. The Bertz CT molecular complexity index is 492. The third-order valence-corrected chi connectivity index (χ3v) is 3.65. The predicted octanol–water partition coefficient (Wildman–Crippen LogP) is 3.46. The molecule has 0 saturated carbocycles. The highest BCUT2D eigenvalue weighted by Crippen LogP contribution is 2.14.